The highest BCUT2D eigenvalue weighted by atomic mass is 32.2. The summed E-state index contributed by atoms with van der Waals surface area (Å²) >= 11 is 0. The number of nitrogens with zero attached hydrogens (tertiary/aromatic N) is 2. The van der Waals surface area contributed by atoms with Crippen LogP contribution in [0.2, 0.25) is 0 Å². The van der Waals surface area contributed by atoms with Crippen LogP contribution in [0.25, 0.3) is 10.9 Å². The molecule has 3 aromatic rings. The summed E-state index contributed by atoms with van der Waals surface area (Å²) in [6.45, 7) is 2.06. The first-order valence-corrected chi connectivity index (χ1v) is 8.91. The Morgan fingerprint density at radius 1 is 1.17 bits per heavy atom. The SMILES string of the molecule is CC1(c2cc3c[n+]([O-])ccc3n2S(=O)(=O)c2ccccc2)CC1. The van der Waals surface area contributed by atoms with Crippen LogP contribution in [0.1, 0.15) is 25.5 Å². The van der Waals surface area contributed by atoms with Gasteiger partial charge in [-0.05, 0) is 31.0 Å². The highest BCUT2D eigenvalue weighted by Crippen LogP contribution is 2.49. The van der Waals surface area contributed by atoms with Gasteiger partial charge in [-0.15, -0.1) is 0 Å². The Kier molecular flexibility index (Phi) is 2.84. The zero-order valence-corrected chi connectivity index (χ0v) is 13.5. The maximum Gasteiger partial charge on any atom is 0.268 e. The topological polar surface area (TPSA) is 66.0 Å². The van der Waals surface area contributed by atoms with Gasteiger partial charge in [-0.25, -0.2) is 12.4 Å². The first-order valence-electron chi connectivity index (χ1n) is 7.47. The van der Waals surface area contributed by atoms with Gasteiger partial charge in [0, 0.05) is 17.2 Å². The standard InChI is InChI=1S/C17H16N2O3S/c1-17(8-9-17)16-11-13-12-18(20)10-7-15(13)19(16)23(21,22)14-5-3-2-4-6-14/h2-7,10-12H,8-9H2,1H3. The Bertz CT molecular complexity index is 1000. The summed E-state index contributed by atoms with van der Waals surface area (Å²) in [7, 11) is -3.70. The predicted octanol–water partition coefficient (Wildman–Crippen LogP) is 2.56. The summed E-state index contributed by atoms with van der Waals surface area (Å²) in [6.07, 6.45) is 4.65. The largest absolute Gasteiger partial charge is 0.619 e. The van der Waals surface area contributed by atoms with Gasteiger partial charge in [-0.1, -0.05) is 25.1 Å². The fourth-order valence-corrected chi connectivity index (χ4v) is 4.61. The third kappa shape index (κ3) is 2.13. The minimum Gasteiger partial charge on any atom is -0.619 e. The molecule has 4 rings (SSSR count). The minimum atomic E-state index is -3.70. The van der Waals surface area contributed by atoms with E-state index in [1.165, 1.54) is 16.4 Å². The van der Waals surface area contributed by atoms with E-state index in [2.05, 4.69) is 6.92 Å². The zero-order chi connectivity index (χ0) is 16.2. The van der Waals surface area contributed by atoms with Gasteiger partial charge in [0.05, 0.1) is 15.8 Å². The molecule has 0 aliphatic heterocycles. The maximum absolute atomic E-state index is 13.2. The van der Waals surface area contributed by atoms with Crippen molar-refractivity contribution in [3.63, 3.8) is 0 Å². The third-order valence-electron chi connectivity index (χ3n) is 4.57. The highest BCUT2D eigenvalue weighted by Gasteiger charge is 2.44. The van der Waals surface area contributed by atoms with Crippen molar-refractivity contribution in [2.75, 3.05) is 0 Å². The van der Waals surface area contributed by atoms with Crippen LogP contribution in [0.15, 0.2) is 59.8 Å². The van der Waals surface area contributed by atoms with E-state index in [9.17, 15) is 13.6 Å². The number of rotatable bonds is 3. The molecule has 0 unspecified atom stereocenters. The van der Waals surface area contributed by atoms with Crippen LogP contribution in [-0.2, 0) is 15.4 Å². The molecular weight excluding hydrogens is 312 g/mol. The lowest BCUT2D eigenvalue weighted by atomic mass is 10.1. The van der Waals surface area contributed by atoms with Crippen LogP contribution in [0.4, 0.5) is 0 Å². The van der Waals surface area contributed by atoms with E-state index in [1.807, 2.05) is 6.07 Å². The second-order valence-electron chi connectivity index (χ2n) is 6.32. The molecule has 0 spiro atoms. The van der Waals surface area contributed by atoms with Gasteiger partial charge in [-0.3, -0.25) is 0 Å². The van der Waals surface area contributed by atoms with E-state index >= 15 is 0 Å². The summed E-state index contributed by atoms with van der Waals surface area (Å²) in [4.78, 5) is 0.252. The molecule has 1 fully saturated rings. The summed E-state index contributed by atoms with van der Waals surface area (Å²) in [5, 5.41) is 12.2. The van der Waals surface area contributed by atoms with Gasteiger partial charge in [0.2, 0.25) is 0 Å². The fraction of sp³-hybridized carbons (Fsp3) is 0.235. The lowest BCUT2D eigenvalue weighted by Gasteiger charge is -2.15. The third-order valence-corrected chi connectivity index (χ3v) is 6.31. The molecule has 2 aromatic heterocycles. The zero-order valence-electron chi connectivity index (χ0n) is 12.6. The molecule has 0 bridgehead atoms. The van der Waals surface area contributed by atoms with E-state index in [-0.39, 0.29) is 10.3 Å². The molecule has 0 N–H and O–H groups in total. The average Bonchev–Trinajstić information content (AvgIpc) is 3.16. The summed E-state index contributed by atoms with van der Waals surface area (Å²) in [5.74, 6) is 0. The van der Waals surface area contributed by atoms with Crippen molar-refractivity contribution in [3.8, 4) is 0 Å². The highest BCUT2D eigenvalue weighted by molar-refractivity contribution is 7.90. The molecule has 0 amide bonds. The van der Waals surface area contributed by atoms with Crippen molar-refractivity contribution < 1.29 is 13.1 Å². The molecule has 6 heteroatoms. The Balaban J connectivity index is 2.06. The minimum absolute atomic E-state index is 0.144. The second kappa shape index (κ2) is 4.58. The van der Waals surface area contributed by atoms with Crippen LogP contribution < -0.4 is 4.73 Å². The van der Waals surface area contributed by atoms with Crippen molar-refractivity contribution in [1.29, 1.82) is 0 Å². The van der Waals surface area contributed by atoms with Crippen molar-refractivity contribution >= 4 is 20.9 Å². The van der Waals surface area contributed by atoms with Crippen LogP contribution in [0.3, 0.4) is 0 Å². The van der Waals surface area contributed by atoms with Gasteiger partial charge < -0.3 is 5.21 Å². The smallest absolute Gasteiger partial charge is 0.268 e. The molecule has 1 aromatic carbocycles. The summed E-state index contributed by atoms with van der Waals surface area (Å²) in [6, 6.07) is 11.8. The van der Waals surface area contributed by atoms with E-state index < -0.39 is 10.0 Å². The van der Waals surface area contributed by atoms with Crippen molar-refractivity contribution in [3.05, 3.63) is 65.8 Å². The van der Waals surface area contributed by atoms with Crippen molar-refractivity contribution in [2.24, 2.45) is 0 Å². The Morgan fingerprint density at radius 2 is 1.87 bits per heavy atom. The Hall–Kier alpha value is -2.34. The van der Waals surface area contributed by atoms with Crippen LogP contribution >= 0.6 is 0 Å². The lowest BCUT2D eigenvalue weighted by Crippen LogP contribution is -2.24. The van der Waals surface area contributed by atoms with E-state index in [0.717, 1.165) is 18.5 Å². The Labute approximate surface area is 134 Å². The van der Waals surface area contributed by atoms with Gasteiger partial charge >= 0.3 is 0 Å². The van der Waals surface area contributed by atoms with Crippen LogP contribution in [0, 0.1) is 5.21 Å². The first-order chi connectivity index (χ1) is 10.9. The van der Waals surface area contributed by atoms with E-state index in [0.29, 0.717) is 15.6 Å². The maximum atomic E-state index is 13.2. The molecule has 5 nitrogen and oxygen atoms in total. The van der Waals surface area contributed by atoms with Gasteiger partial charge in [0.1, 0.15) is 0 Å². The number of fused-ring (bicyclic) bond motifs is 1. The van der Waals surface area contributed by atoms with Gasteiger partial charge in [-0.2, -0.15) is 4.73 Å². The normalized spacial score (nSPS) is 16.6. The molecule has 0 saturated heterocycles. The monoisotopic (exact) mass is 328 g/mol. The Morgan fingerprint density at radius 3 is 2.52 bits per heavy atom. The van der Waals surface area contributed by atoms with E-state index in [4.69, 9.17) is 0 Å². The number of benzene rings is 1. The van der Waals surface area contributed by atoms with Gasteiger partial charge in [0.25, 0.3) is 10.0 Å². The number of hydrogen-bond acceptors (Lipinski definition) is 3. The first kappa shape index (κ1) is 14.3. The van der Waals surface area contributed by atoms with Crippen LogP contribution in [-0.4, -0.2) is 12.4 Å². The molecule has 1 saturated carbocycles. The predicted molar refractivity (Wildman–Crippen MR) is 86.5 cm³/mol. The van der Waals surface area contributed by atoms with Crippen molar-refractivity contribution in [2.45, 2.75) is 30.1 Å². The molecule has 0 radical (unpaired) electrons. The van der Waals surface area contributed by atoms with Crippen molar-refractivity contribution in [1.82, 2.24) is 3.97 Å². The molecule has 1 aliphatic rings. The quantitative estimate of drug-likeness (QED) is 0.548. The summed E-state index contributed by atoms with van der Waals surface area (Å²) in [5.41, 5.74) is 1.15. The molecule has 23 heavy (non-hydrogen) atoms. The molecule has 0 atom stereocenters. The molecular formula is C17H16N2O3S. The van der Waals surface area contributed by atoms with Gasteiger partial charge in [0.15, 0.2) is 12.4 Å². The number of aromatic nitrogens is 2. The second-order valence-corrected chi connectivity index (χ2v) is 8.10. The number of pyridine rings is 1. The number of hydrogen-bond donors (Lipinski definition) is 0. The fourth-order valence-electron chi connectivity index (χ4n) is 2.94. The molecule has 118 valence electrons. The summed E-state index contributed by atoms with van der Waals surface area (Å²) < 4.78 is 28.4. The van der Waals surface area contributed by atoms with E-state index in [1.54, 1.807) is 36.4 Å². The van der Waals surface area contributed by atoms with Crippen LogP contribution in [0.5, 0.6) is 0 Å². The molecule has 2 heterocycles. The molecule has 1 aliphatic carbocycles. The average molecular weight is 328 g/mol. The lowest BCUT2D eigenvalue weighted by molar-refractivity contribution is -0.603.